The predicted molar refractivity (Wildman–Crippen MR) is 85.0 cm³/mol. The molecule has 0 bridgehead atoms. The molecule has 3 rings (SSSR count). The monoisotopic (exact) mass is 317 g/mol. The molecule has 2 aromatic heterocycles. The average molecular weight is 317 g/mol. The van der Waals surface area contributed by atoms with E-state index in [1.807, 2.05) is 40.8 Å². The van der Waals surface area contributed by atoms with Crippen LogP contribution in [0.2, 0.25) is 0 Å². The van der Waals surface area contributed by atoms with Crippen molar-refractivity contribution in [3.05, 3.63) is 40.2 Å². The summed E-state index contributed by atoms with van der Waals surface area (Å²) in [5, 5.41) is 12.0. The second-order valence-electron chi connectivity index (χ2n) is 5.54. The molecule has 1 fully saturated rings. The molecule has 1 saturated heterocycles. The maximum atomic E-state index is 12.4. The second-order valence-corrected chi connectivity index (χ2v) is 6.32. The molecule has 1 amide bonds. The van der Waals surface area contributed by atoms with Crippen LogP contribution in [0.3, 0.4) is 0 Å². The number of hydrogen-bond acceptors (Lipinski definition) is 5. The van der Waals surface area contributed by atoms with Crippen LogP contribution in [0.15, 0.2) is 29.0 Å². The molecule has 22 heavy (non-hydrogen) atoms. The summed E-state index contributed by atoms with van der Waals surface area (Å²) in [4.78, 5) is 14.3. The first-order valence-electron chi connectivity index (χ1n) is 7.46. The fraction of sp³-hybridized carbons (Fsp3) is 0.438. The van der Waals surface area contributed by atoms with Crippen molar-refractivity contribution in [2.75, 3.05) is 13.1 Å². The van der Waals surface area contributed by atoms with E-state index in [1.165, 1.54) is 0 Å². The van der Waals surface area contributed by atoms with Crippen molar-refractivity contribution in [1.29, 1.82) is 0 Å². The van der Waals surface area contributed by atoms with Crippen LogP contribution in [0.4, 0.5) is 0 Å². The molecule has 1 aliphatic heterocycles. The van der Waals surface area contributed by atoms with Gasteiger partial charge in [-0.15, -0.1) is 5.10 Å². The SMILES string of the molecule is Cc1ccc(O[C@@H]2CCCN(C(=O)Cc3ccsc3)C2)nn1. The Morgan fingerprint density at radius 3 is 3.05 bits per heavy atom. The van der Waals surface area contributed by atoms with Crippen LogP contribution in [0.25, 0.3) is 0 Å². The van der Waals surface area contributed by atoms with Crippen LogP contribution in [0.5, 0.6) is 5.88 Å². The van der Waals surface area contributed by atoms with E-state index < -0.39 is 0 Å². The Hall–Kier alpha value is -1.95. The first kappa shape index (κ1) is 15.0. The summed E-state index contributed by atoms with van der Waals surface area (Å²) in [7, 11) is 0. The largest absolute Gasteiger partial charge is 0.471 e. The van der Waals surface area contributed by atoms with Gasteiger partial charge >= 0.3 is 0 Å². The molecule has 0 N–H and O–H groups in total. The van der Waals surface area contributed by atoms with Crippen molar-refractivity contribution >= 4 is 17.2 Å². The lowest BCUT2D eigenvalue weighted by molar-refractivity contribution is -0.133. The Morgan fingerprint density at radius 2 is 2.32 bits per heavy atom. The zero-order chi connectivity index (χ0) is 15.4. The third-order valence-corrected chi connectivity index (χ3v) is 4.46. The van der Waals surface area contributed by atoms with E-state index in [1.54, 1.807) is 11.3 Å². The minimum absolute atomic E-state index is 0.00261. The van der Waals surface area contributed by atoms with E-state index in [2.05, 4.69) is 10.2 Å². The number of ether oxygens (including phenoxy) is 1. The number of likely N-dealkylation sites (tertiary alicyclic amines) is 1. The minimum atomic E-state index is -0.00261. The number of piperidine rings is 1. The lowest BCUT2D eigenvalue weighted by Gasteiger charge is -2.32. The van der Waals surface area contributed by atoms with Gasteiger partial charge < -0.3 is 9.64 Å². The van der Waals surface area contributed by atoms with Crippen LogP contribution in [-0.2, 0) is 11.2 Å². The Morgan fingerprint density at radius 1 is 1.41 bits per heavy atom. The summed E-state index contributed by atoms with van der Waals surface area (Å²) in [6, 6.07) is 5.71. The topological polar surface area (TPSA) is 55.3 Å². The number of aryl methyl sites for hydroxylation is 1. The first-order valence-corrected chi connectivity index (χ1v) is 8.41. The van der Waals surface area contributed by atoms with Gasteiger partial charge in [0.05, 0.1) is 18.7 Å². The van der Waals surface area contributed by atoms with Crippen LogP contribution in [0, 0.1) is 6.92 Å². The number of aromatic nitrogens is 2. The summed E-state index contributed by atoms with van der Waals surface area (Å²) >= 11 is 1.62. The van der Waals surface area contributed by atoms with Gasteiger partial charge in [0, 0.05) is 12.6 Å². The highest BCUT2D eigenvalue weighted by molar-refractivity contribution is 7.07. The van der Waals surface area contributed by atoms with Gasteiger partial charge in [-0.25, -0.2) is 0 Å². The van der Waals surface area contributed by atoms with Crippen LogP contribution in [-0.4, -0.2) is 40.2 Å². The van der Waals surface area contributed by atoms with Gasteiger partial charge in [-0.05, 0) is 48.2 Å². The lowest BCUT2D eigenvalue weighted by Crippen LogP contribution is -2.45. The molecule has 6 heteroatoms. The highest BCUT2D eigenvalue weighted by Crippen LogP contribution is 2.18. The van der Waals surface area contributed by atoms with Crippen LogP contribution >= 0.6 is 11.3 Å². The van der Waals surface area contributed by atoms with E-state index >= 15 is 0 Å². The summed E-state index contributed by atoms with van der Waals surface area (Å²) < 4.78 is 5.86. The van der Waals surface area contributed by atoms with Crippen molar-refractivity contribution in [3.63, 3.8) is 0 Å². The molecular formula is C16H19N3O2S. The average Bonchev–Trinajstić information content (AvgIpc) is 3.03. The van der Waals surface area contributed by atoms with E-state index in [0.29, 0.717) is 18.8 Å². The quantitative estimate of drug-likeness (QED) is 0.869. The molecule has 1 aliphatic rings. The van der Waals surface area contributed by atoms with E-state index in [0.717, 1.165) is 30.6 Å². The zero-order valence-corrected chi connectivity index (χ0v) is 13.4. The van der Waals surface area contributed by atoms with Crippen LogP contribution < -0.4 is 4.74 Å². The molecule has 0 spiro atoms. The summed E-state index contributed by atoms with van der Waals surface area (Å²) in [5.74, 6) is 0.699. The van der Waals surface area contributed by atoms with E-state index in [-0.39, 0.29) is 12.0 Å². The Labute approximate surface area is 133 Å². The molecule has 5 nitrogen and oxygen atoms in total. The minimum Gasteiger partial charge on any atom is -0.471 e. The molecule has 0 unspecified atom stereocenters. The van der Waals surface area contributed by atoms with Crippen molar-refractivity contribution in [1.82, 2.24) is 15.1 Å². The van der Waals surface area contributed by atoms with Crippen LogP contribution in [0.1, 0.15) is 24.1 Å². The Balaban J connectivity index is 1.56. The molecule has 116 valence electrons. The van der Waals surface area contributed by atoms with Gasteiger partial charge in [-0.2, -0.15) is 16.4 Å². The number of nitrogens with zero attached hydrogens (tertiary/aromatic N) is 3. The van der Waals surface area contributed by atoms with Gasteiger partial charge in [0.1, 0.15) is 6.10 Å². The third-order valence-electron chi connectivity index (χ3n) is 3.73. The maximum Gasteiger partial charge on any atom is 0.233 e. The molecule has 0 aliphatic carbocycles. The van der Waals surface area contributed by atoms with Crippen molar-refractivity contribution < 1.29 is 9.53 Å². The number of hydrogen-bond donors (Lipinski definition) is 0. The molecule has 3 heterocycles. The molecule has 0 saturated carbocycles. The summed E-state index contributed by atoms with van der Waals surface area (Å²) in [6.07, 6.45) is 2.37. The number of amides is 1. The number of carbonyl (C=O) groups is 1. The second kappa shape index (κ2) is 6.87. The highest BCUT2D eigenvalue weighted by atomic mass is 32.1. The fourth-order valence-corrected chi connectivity index (χ4v) is 3.23. The van der Waals surface area contributed by atoms with Gasteiger partial charge in [-0.3, -0.25) is 4.79 Å². The normalized spacial score (nSPS) is 18.2. The van der Waals surface area contributed by atoms with Gasteiger partial charge in [-0.1, -0.05) is 0 Å². The first-order chi connectivity index (χ1) is 10.7. The molecular weight excluding hydrogens is 298 g/mol. The highest BCUT2D eigenvalue weighted by Gasteiger charge is 2.25. The van der Waals surface area contributed by atoms with Gasteiger partial charge in [0.15, 0.2) is 0 Å². The molecule has 2 aromatic rings. The van der Waals surface area contributed by atoms with Crippen molar-refractivity contribution in [2.24, 2.45) is 0 Å². The van der Waals surface area contributed by atoms with Gasteiger partial charge in [0.2, 0.25) is 11.8 Å². The number of rotatable bonds is 4. The van der Waals surface area contributed by atoms with E-state index in [4.69, 9.17) is 4.74 Å². The number of carbonyl (C=O) groups excluding carboxylic acids is 1. The Kier molecular flexibility index (Phi) is 4.68. The molecule has 0 radical (unpaired) electrons. The fourth-order valence-electron chi connectivity index (χ4n) is 2.56. The maximum absolute atomic E-state index is 12.4. The van der Waals surface area contributed by atoms with Gasteiger partial charge in [0.25, 0.3) is 0 Å². The standard InChI is InChI=1S/C16H19N3O2S/c1-12-4-5-15(18-17-12)21-14-3-2-7-19(10-14)16(20)9-13-6-8-22-11-13/h4-6,8,11,14H,2-3,7,9-10H2,1H3/t14-/m1/s1. The third kappa shape index (κ3) is 3.82. The van der Waals surface area contributed by atoms with Crippen molar-refractivity contribution in [3.8, 4) is 5.88 Å². The molecule has 0 aromatic carbocycles. The van der Waals surface area contributed by atoms with E-state index in [9.17, 15) is 4.79 Å². The lowest BCUT2D eigenvalue weighted by atomic mass is 10.1. The smallest absolute Gasteiger partial charge is 0.233 e. The summed E-state index contributed by atoms with van der Waals surface area (Å²) in [6.45, 7) is 3.32. The zero-order valence-electron chi connectivity index (χ0n) is 12.6. The molecule has 1 atom stereocenters. The Bertz CT molecular complexity index is 613. The van der Waals surface area contributed by atoms with Crippen molar-refractivity contribution in [2.45, 2.75) is 32.3 Å². The number of thiophene rings is 1. The summed E-state index contributed by atoms with van der Waals surface area (Å²) in [5.41, 5.74) is 1.95. The predicted octanol–water partition coefficient (Wildman–Crippen LogP) is 2.46.